The van der Waals surface area contributed by atoms with Gasteiger partial charge in [-0.3, -0.25) is 0 Å². The van der Waals surface area contributed by atoms with E-state index in [1.165, 1.54) is 12.1 Å². The molecule has 0 spiro atoms. The van der Waals surface area contributed by atoms with Crippen molar-refractivity contribution in [1.82, 2.24) is 0 Å². The number of hydrogen-bond acceptors (Lipinski definition) is 1. The fraction of sp³-hybridized carbons (Fsp3) is 0.200. The molecule has 0 heterocycles. The van der Waals surface area contributed by atoms with E-state index in [0.29, 0.717) is 18.5 Å². The van der Waals surface area contributed by atoms with Crippen LogP contribution in [-0.2, 0) is 0 Å². The van der Waals surface area contributed by atoms with Gasteiger partial charge in [-0.15, -0.1) is 0 Å². The standard InChI is InChI=1S/C10H10ClF2N/c11-10-8(12)5-7(6-9(10)13)3-1-2-4-14/h1,3,5-6H,2,4,14H2. The minimum Gasteiger partial charge on any atom is -0.330 e. The van der Waals surface area contributed by atoms with E-state index < -0.39 is 16.7 Å². The van der Waals surface area contributed by atoms with E-state index in [4.69, 9.17) is 17.3 Å². The van der Waals surface area contributed by atoms with Crippen molar-refractivity contribution < 1.29 is 8.78 Å². The molecule has 76 valence electrons. The van der Waals surface area contributed by atoms with E-state index in [1.54, 1.807) is 12.2 Å². The zero-order valence-corrected chi connectivity index (χ0v) is 8.19. The summed E-state index contributed by atoms with van der Waals surface area (Å²) in [4.78, 5) is 0. The molecule has 4 heteroatoms. The summed E-state index contributed by atoms with van der Waals surface area (Å²) in [5.41, 5.74) is 5.70. The molecule has 1 aromatic rings. The van der Waals surface area contributed by atoms with E-state index in [1.807, 2.05) is 0 Å². The van der Waals surface area contributed by atoms with Gasteiger partial charge in [-0.1, -0.05) is 23.8 Å². The van der Waals surface area contributed by atoms with Gasteiger partial charge in [0.25, 0.3) is 0 Å². The van der Waals surface area contributed by atoms with Gasteiger partial charge in [0.1, 0.15) is 16.7 Å². The minimum absolute atomic E-state index is 0.442. The van der Waals surface area contributed by atoms with Gasteiger partial charge >= 0.3 is 0 Å². The fourth-order valence-corrected chi connectivity index (χ4v) is 1.10. The molecule has 0 aliphatic rings. The van der Waals surface area contributed by atoms with Crippen LogP contribution in [0.25, 0.3) is 6.08 Å². The first-order chi connectivity index (χ1) is 6.65. The lowest BCUT2D eigenvalue weighted by Crippen LogP contribution is -1.95. The number of hydrogen-bond donors (Lipinski definition) is 1. The second-order valence-corrected chi connectivity index (χ2v) is 3.16. The number of halogens is 3. The predicted octanol–water partition coefficient (Wildman–Crippen LogP) is 2.98. The highest BCUT2D eigenvalue weighted by Crippen LogP contribution is 2.21. The third kappa shape index (κ3) is 2.79. The Bertz CT molecular complexity index is 327. The molecule has 0 amide bonds. The van der Waals surface area contributed by atoms with Gasteiger partial charge in [-0.05, 0) is 30.7 Å². The maximum Gasteiger partial charge on any atom is 0.145 e. The first kappa shape index (κ1) is 11.1. The van der Waals surface area contributed by atoms with Crippen molar-refractivity contribution >= 4 is 17.7 Å². The summed E-state index contributed by atoms with van der Waals surface area (Å²) in [5, 5.41) is -0.471. The molecule has 0 unspecified atom stereocenters. The van der Waals surface area contributed by atoms with Crippen molar-refractivity contribution in [2.75, 3.05) is 6.54 Å². The lowest BCUT2D eigenvalue weighted by atomic mass is 10.2. The highest BCUT2D eigenvalue weighted by molar-refractivity contribution is 6.30. The maximum atomic E-state index is 12.9. The molecule has 0 radical (unpaired) electrons. The molecule has 1 rings (SSSR count). The van der Waals surface area contributed by atoms with E-state index in [0.717, 1.165) is 0 Å². The zero-order chi connectivity index (χ0) is 10.6. The predicted molar refractivity (Wildman–Crippen MR) is 54.1 cm³/mol. The molecule has 14 heavy (non-hydrogen) atoms. The topological polar surface area (TPSA) is 26.0 Å². The Labute approximate surface area is 86.2 Å². The summed E-state index contributed by atoms with van der Waals surface area (Å²) in [6.07, 6.45) is 4.03. The Morgan fingerprint density at radius 3 is 2.36 bits per heavy atom. The first-order valence-electron chi connectivity index (χ1n) is 4.16. The van der Waals surface area contributed by atoms with Crippen LogP contribution in [0.5, 0.6) is 0 Å². The van der Waals surface area contributed by atoms with Crippen LogP contribution in [0, 0.1) is 11.6 Å². The summed E-state index contributed by atoms with van der Waals surface area (Å²) >= 11 is 5.32. The van der Waals surface area contributed by atoms with Gasteiger partial charge in [-0.25, -0.2) is 8.78 Å². The van der Waals surface area contributed by atoms with Crippen LogP contribution in [0.1, 0.15) is 12.0 Å². The van der Waals surface area contributed by atoms with E-state index in [9.17, 15) is 8.78 Å². The first-order valence-corrected chi connectivity index (χ1v) is 4.54. The molecule has 1 aromatic carbocycles. The summed E-state index contributed by atoms with van der Waals surface area (Å²) < 4.78 is 25.8. The number of rotatable bonds is 3. The lowest BCUT2D eigenvalue weighted by molar-refractivity contribution is 0.583. The Hall–Kier alpha value is -0.930. The minimum atomic E-state index is -0.751. The molecule has 0 aliphatic carbocycles. The summed E-state index contributed by atoms with van der Waals surface area (Å²) in [6, 6.07) is 2.36. The molecule has 0 aromatic heterocycles. The number of nitrogens with two attached hydrogens (primary N) is 1. The average molecular weight is 218 g/mol. The van der Waals surface area contributed by atoms with Gasteiger partial charge in [0.2, 0.25) is 0 Å². The van der Waals surface area contributed by atoms with Crippen molar-refractivity contribution in [3.05, 3.63) is 40.4 Å². The normalized spacial score (nSPS) is 11.1. The summed E-state index contributed by atoms with van der Waals surface area (Å²) in [7, 11) is 0. The van der Waals surface area contributed by atoms with Gasteiger partial charge in [0, 0.05) is 0 Å². The van der Waals surface area contributed by atoms with Crippen LogP contribution in [0.4, 0.5) is 8.78 Å². The summed E-state index contributed by atoms with van der Waals surface area (Å²) in [5.74, 6) is -1.50. The fourth-order valence-electron chi connectivity index (χ4n) is 0.987. The second-order valence-electron chi connectivity index (χ2n) is 2.78. The van der Waals surface area contributed by atoms with Crippen LogP contribution in [0.3, 0.4) is 0 Å². The Kier molecular flexibility index (Phi) is 4.04. The van der Waals surface area contributed by atoms with E-state index >= 15 is 0 Å². The third-order valence-corrected chi connectivity index (χ3v) is 2.01. The Morgan fingerprint density at radius 1 is 1.29 bits per heavy atom. The van der Waals surface area contributed by atoms with Crippen molar-refractivity contribution in [3.63, 3.8) is 0 Å². The van der Waals surface area contributed by atoms with Crippen LogP contribution >= 0.6 is 11.6 Å². The molecule has 0 bridgehead atoms. The molecule has 0 saturated carbocycles. The van der Waals surface area contributed by atoms with Crippen LogP contribution in [0.2, 0.25) is 5.02 Å². The molecular weight excluding hydrogens is 208 g/mol. The van der Waals surface area contributed by atoms with Gasteiger partial charge in [0.05, 0.1) is 0 Å². The Balaban J connectivity index is 2.89. The smallest absolute Gasteiger partial charge is 0.145 e. The Morgan fingerprint density at radius 2 is 1.86 bits per heavy atom. The molecule has 0 aliphatic heterocycles. The van der Waals surface area contributed by atoms with Crippen molar-refractivity contribution in [1.29, 1.82) is 0 Å². The molecule has 0 atom stereocenters. The SMILES string of the molecule is NCCC=Cc1cc(F)c(Cl)c(F)c1. The third-order valence-electron chi connectivity index (χ3n) is 1.65. The monoisotopic (exact) mass is 217 g/mol. The molecule has 0 saturated heterocycles. The van der Waals surface area contributed by atoms with E-state index in [-0.39, 0.29) is 0 Å². The highest BCUT2D eigenvalue weighted by Gasteiger charge is 2.06. The van der Waals surface area contributed by atoms with Crippen molar-refractivity contribution in [3.8, 4) is 0 Å². The van der Waals surface area contributed by atoms with Crippen molar-refractivity contribution in [2.45, 2.75) is 6.42 Å². The van der Waals surface area contributed by atoms with Gasteiger partial charge in [-0.2, -0.15) is 0 Å². The lowest BCUT2D eigenvalue weighted by Gasteiger charge is -1.98. The largest absolute Gasteiger partial charge is 0.330 e. The number of benzene rings is 1. The second kappa shape index (κ2) is 5.08. The molecule has 0 fully saturated rings. The molecule has 1 nitrogen and oxygen atoms in total. The highest BCUT2D eigenvalue weighted by atomic mass is 35.5. The summed E-state index contributed by atoms with van der Waals surface area (Å²) in [6.45, 7) is 0.509. The molecular formula is C10H10ClF2N. The maximum absolute atomic E-state index is 12.9. The zero-order valence-electron chi connectivity index (χ0n) is 7.43. The quantitative estimate of drug-likeness (QED) is 0.774. The van der Waals surface area contributed by atoms with Crippen LogP contribution in [0.15, 0.2) is 18.2 Å². The van der Waals surface area contributed by atoms with Crippen LogP contribution in [-0.4, -0.2) is 6.54 Å². The van der Waals surface area contributed by atoms with E-state index in [2.05, 4.69) is 0 Å². The average Bonchev–Trinajstić information content (AvgIpc) is 2.14. The van der Waals surface area contributed by atoms with Crippen molar-refractivity contribution in [2.24, 2.45) is 5.73 Å². The molecule has 2 N–H and O–H groups in total. The van der Waals surface area contributed by atoms with Gasteiger partial charge in [0.15, 0.2) is 0 Å². The van der Waals surface area contributed by atoms with Gasteiger partial charge < -0.3 is 5.73 Å². The van der Waals surface area contributed by atoms with Crippen LogP contribution < -0.4 is 5.73 Å².